The number of pyridine rings is 1. The minimum absolute atomic E-state index is 0.359. The van der Waals surface area contributed by atoms with E-state index in [9.17, 15) is 22.8 Å². The molecule has 0 saturated carbocycles. The molecule has 0 bridgehead atoms. The number of hydrogen-bond acceptors (Lipinski definition) is 6. The van der Waals surface area contributed by atoms with Gasteiger partial charge in [0.2, 0.25) is 0 Å². The van der Waals surface area contributed by atoms with Crippen molar-refractivity contribution in [3.63, 3.8) is 0 Å². The van der Waals surface area contributed by atoms with Crippen molar-refractivity contribution in [1.82, 2.24) is 4.98 Å². The molecule has 1 aromatic carbocycles. The average Bonchev–Trinajstić information content (AvgIpc) is 2.83. The molecular formula is C25H31F3N4O3. The largest absolute Gasteiger partial charge is 0.455 e. The monoisotopic (exact) mass is 492 g/mol. The third-order valence-electron chi connectivity index (χ3n) is 6.02. The van der Waals surface area contributed by atoms with Crippen LogP contribution < -0.4 is 15.1 Å². The number of rotatable bonds is 8. The first kappa shape index (κ1) is 26.3. The summed E-state index contributed by atoms with van der Waals surface area (Å²) in [6, 6.07) is 10.2. The summed E-state index contributed by atoms with van der Waals surface area (Å²) < 4.78 is 43.3. The molecule has 0 aliphatic carbocycles. The van der Waals surface area contributed by atoms with Crippen molar-refractivity contribution < 1.29 is 27.5 Å². The second kappa shape index (κ2) is 11.4. The molecule has 0 spiro atoms. The van der Waals surface area contributed by atoms with Gasteiger partial charge in [-0.3, -0.25) is 9.59 Å². The zero-order valence-corrected chi connectivity index (χ0v) is 20.1. The van der Waals surface area contributed by atoms with Crippen molar-refractivity contribution in [2.45, 2.75) is 45.8 Å². The maximum Gasteiger partial charge on any atom is 0.417 e. The zero-order chi connectivity index (χ0) is 25.6. The molecule has 1 aliphatic rings. The van der Waals surface area contributed by atoms with Crippen LogP contribution in [0.4, 0.5) is 30.4 Å². The van der Waals surface area contributed by atoms with E-state index < -0.39 is 23.6 Å². The number of benzene rings is 1. The van der Waals surface area contributed by atoms with Crippen molar-refractivity contribution in [2.75, 3.05) is 41.4 Å². The van der Waals surface area contributed by atoms with E-state index in [1.54, 1.807) is 0 Å². The second-order valence-corrected chi connectivity index (χ2v) is 8.75. The summed E-state index contributed by atoms with van der Waals surface area (Å²) in [5.41, 5.74) is 0.879. The SMILES string of the molecule is CCN(c1ccc(NC(=O)COC(=O)C2CCN(c3ccc(C(F)(F)F)cn3)CC2)cc1)C(C)C. The Kier molecular flexibility index (Phi) is 8.58. The van der Waals surface area contributed by atoms with Crippen molar-refractivity contribution in [2.24, 2.45) is 5.92 Å². The van der Waals surface area contributed by atoms with Crippen LogP contribution >= 0.6 is 0 Å². The third-order valence-corrected chi connectivity index (χ3v) is 6.02. The highest BCUT2D eigenvalue weighted by Crippen LogP contribution is 2.30. The van der Waals surface area contributed by atoms with Crippen LogP contribution in [0.3, 0.4) is 0 Å². The van der Waals surface area contributed by atoms with Gasteiger partial charge < -0.3 is 19.9 Å². The van der Waals surface area contributed by atoms with Gasteiger partial charge >= 0.3 is 12.1 Å². The van der Waals surface area contributed by atoms with Gasteiger partial charge in [0.1, 0.15) is 5.82 Å². The molecule has 3 rings (SSSR count). The van der Waals surface area contributed by atoms with E-state index in [4.69, 9.17) is 4.74 Å². The summed E-state index contributed by atoms with van der Waals surface area (Å²) >= 11 is 0. The van der Waals surface area contributed by atoms with Gasteiger partial charge in [-0.05, 0) is 70.0 Å². The predicted molar refractivity (Wildman–Crippen MR) is 128 cm³/mol. The lowest BCUT2D eigenvalue weighted by Gasteiger charge is -2.31. The van der Waals surface area contributed by atoms with Crippen LogP contribution in [0.25, 0.3) is 0 Å². The van der Waals surface area contributed by atoms with Crippen LogP contribution in [0.1, 0.15) is 39.2 Å². The Balaban J connectivity index is 1.43. The number of anilines is 3. The average molecular weight is 493 g/mol. The summed E-state index contributed by atoms with van der Waals surface area (Å²) in [4.78, 5) is 32.6. The van der Waals surface area contributed by atoms with Crippen LogP contribution in [0.2, 0.25) is 0 Å². The van der Waals surface area contributed by atoms with Gasteiger partial charge in [0, 0.05) is 43.2 Å². The maximum atomic E-state index is 12.7. The number of amides is 1. The minimum atomic E-state index is -4.43. The smallest absolute Gasteiger partial charge is 0.417 e. The van der Waals surface area contributed by atoms with E-state index in [2.05, 4.69) is 36.0 Å². The number of aromatic nitrogens is 1. The minimum Gasteiger partial charge on any atom is -0.455 e. The van der Waals surface area contributed by atoms with Gasteiger partial charge in [0.05, 0.1) is 11.5 Å². The number of hydrogen-bond donors (Lipinski definition) is 1. The molecule has 2 aromatic rings. The molecule has 1 amide bonds. The Morgan fingerprint density at radius 3 is 2.31 bits per heavy atom. The molecule has 7 nitrogen and oxygen atoms in total. The normalized spacial score (nSPS) is 14.7. The van der Waals surface area contributed by atoms with Crippen molar-refractivity contribution in [1.29, 1.82) is 0 Å². The number of piperidine rings is 1. The number of carbonyl (C=O) groups excluding carboxylic acids is 2. The highest BCUT2D eigenvalue weighted by Gasteiger charge is 2.31. The Bertz CT molecular complexity index is 987. The number of esters is 1. The van der Waals surface area contributed by atoms with E-state index in [0.29, 0.717) is 43.5 Å². The first-order valence-corrected chi connectivity index (χ1v) is 11.7. The van der Waals surface area contributed by atoms with Gasteiger partial charge in [0.15, 0.2) is 6.61 Å². The number of nitrogens with zero attached hydrogens (tertiary/aromatic N) is 3. The lowest BCUT2D eigenvalue weighted by molar-refractivity contribution is -0.152. The molecule has 1 aromatic heterocycles. The Hall–Kier alpha value is -3.30. The summed E-state index contributed by atoms with van der Waals surface area (Å²) in [7, 11) is 0. The molecule has 0 radical (unpaired) electrons. The van der Waals surface area contributed by atoms with Crippen molar-refractivity contribution >= 4 is 29.1 Å². The van der Waals surface area contributed by atoms with Gasteiger partial charge in [0.25, 0.3) is 5.91 Å². The lowest BCUT2D eigenvalue weighted by atomic mass is 9.97. The zero-order valence-electron chi connectivity index (χ0n) is 20.1. The van der Waals surface area contributed by atoms with Crippen molar-refractivity contribution in [3.05, 3.63) is 48.2 Å². The van der Waals surface area contributed by atoms with Crippen LogP contribution in [-0.4, -0.2) is 49.1 Å². The van der Waals surface area contributed by atoms with Crippen LogP contribution in [0, 0.1) is 5.92 Å². The fourth-order valence-electron chi connectivity index (χ4n) is 4.12. The summed E-state index contributed by atoms with van der Waals surface area (Å²) in [6.45, 7) is 7.72. The van der Waals surface area contributed by atoms with Gasteiger partial charge in [-0.15, -0.1) is 0 Å². The van der Waals surface area contributed by atoms with E-state index in [1.165, 1.54) is 6.07 Å². The number of nitrogens with one attached hydrogen (secondary N) is 1. The van der Waals surface area contributed by atoms with Gasteiger partial charge in [-0.1, -0.05) is 0 Å². The summed E-state index contributed by atoms with van der Waals surface area (Å²) in [5.74, 6) is -0.811. The fourth-order valence-corrected chi connectivity index (χ4v) is 4.12. The lowest BCUT2D eigenvalue weighted by Crippen LogP contribution is -2.38. The van der Waals surface area contributed by atoms with Crippen LogP contribution in [-0.2, 0) is 20.5 Å². The molecule has 1 saturated heterocycles. The molecule has 0 unspecified atom stereocenters. The maximum absolute atomic E-state index is 12.7. The number of alkyl halides is 3. The van der Waals surface area contributed by atoms with Gasteiger partial charge in [-0.25, -0.2) is 4.98 Å². The molecule has 1 fully saturated rings. The van der Waals surface area contributed by atoms with E-state index >= 15 is 0 Å². The van der Waals surface area contributed by atoms with Crippen molar-refractivity contribution in [3.8, 4) is 0 Å². The summed E-state index contributed by atoms with van der Waals surface area (Å²) in [6.07, 6.45) is -2.68. The van der Waals surface area contributed by atoms with Crippen LogP contribution in [0.15, 0.2) is 42.6 Å². The van der Waals surface area contributed by atoms with E-state index in [0.717, 1.165) is 24.5 Å². The van der Waals surface area contributed by atoms with Gasteiger partial charge in [-0.2, -0.15) is 13.2 Å². The predicted octanol–water partition coefficient (Wildman–Crippen LogP) is 4.73. The standard InChI is InChI=1S/C25H31F3N4O3/c1-4-32(17(2)3)21-8-6-20(7-9-21)30-23(33)16-35-24(34)18-11-13-31(14-12-18)22-10-5-19(15-29-22)25(26,27)28/h5-10,15,17-18H,4,11-14,16H2,1-3H3,(H,30,33). The Morgan fingerprint density at radius 2 is 1.80 bits per heavy atom. The first-order chi connectivity index (χ1) is 16.6. The van der Waals surface area contributed by atoms with E-state index in [1.807, 2.05) is 29.2 Å². The molecule has 1 aliphatic heterocycles. The molecule has 190 valence electrons. The molecular weight excluding hydrogens is 461 g/mol. The fraction of sp³-hybridized carbons (Fsp3) is 0.480. The topological polar surface area (TPSA) is 74.8 Å². The molecule has 1 N–H and O–H groups in total. The molecule has 10 heteroatoms. The first-order valence-electron chi connectivity index (χ1n) is 11.7. The van der Waals surface area contributed by atoms with E-state index in [-0.39, 0.29) is 12.5 Å². The molecule has 35 heavy (non-hydrogen) atoms. The number of halogens is 3. The highest BCUT2D eigenvalue weighted by molar-refractivity contribution is 5.93. The Morgan fingerprint density at radius 1 is 1.14 bits per heavy atom. The number of carbonyl (C=O) groups is 2. The molecule has 0 atom stereocenters. The van der Waals surface area contributed by atoms with Crippen LogP contribution in [0.5, 0.6) is 0 Å². The third kappa shape index (κ3) is 7.10. The quantitative estimate of drug-likeness (QED) is 0.537. The second-order valence-electron chi connectivity index (χ2n) is 8.75. The summed E-state index contributed by atoms with van der Waals surface area (Å²) in [5, 5.41) is 2.73. The highest BCUT2D eigenvalue weighted by atomic mass is 19.4. The number of ether oxygens (including phenoxy) is 1. The molecule has 2 heterocycles. The Labute approximate surface area is 203 Å².